The molecule has 4 heteroatoms. The Hall–Kier alpha value is -2.23. The van der Waals surface area contributed by atoms with Crippen LogP contribution in [0.15, 0.2) is 36.7 Å². The predicted molar refractivity (Wildman–Crippen MR) is 67.8 cm³/mol. The summed E-state index contributed by atoms with van der Waals surface area (Å²) >= 11 is 0. The molecule has 92 valence electrons. The van der Waals surface area contributed by atoms with E-state index in [9.17, 15) is 4.79 Å². The van der Waals surface area contributed by atoms with Crippen LogP contribution in [0.3, 0.4) is 0 Å². The second-order valence-corrected chi connectivity index (χ2v) is 3.97. The molecule has 0 fully saturated rings. The van der Waals surface area contributed by atoms with Crippen molar-refractivity contribution in [2.45, 2.75) is 13.3 Å². The Morgan fingerprint density at radius 1 is 1.28 bits per heavy atom. The van der Waals surface area contributed by atoms with Gasteiger partial charge in [0.05, 0.1) is 19.2 Å². The number of ketones is 1. The van der Waals surface area contributed by atoms with Crippen LogP contribution in [0, 0.1) is 6.92 Å². The number of carbonyl (C=O) groups is 1. The zero-order valence-corrected chi connectivity index (χ0v) is 10.4. The number of hydrogen-bond acceptors (Lipinski definition) is 4. The highest BCUT2D eigenvalue weighted by atomic mass is 16.5. The maximum atomic E-state index is 12.1. The SMILES string of the molecule is COc1cc(CC(=O)c2ccccc2C)ncn1. The molecular weight excluding hydrogens is 228 g/mol. The maximum absolute atomic E-state index is 12.1. The van der Waals surface area contributed by atoms with Crippen LogP contribution in [0.2, 0.25) is 0 Å². The first-order valence-corrected chi connectivity index (χ1v) is 5.64. The Labute approximate surface area is 106 Å². The number of carbonyl (C=O) groups excluding carboxylic acids is 1. The Balaban J connectivity index is 2.19. The Morgan fingerprint density at radius 2 is 2.06 bits per heavy atom. The molecule has 0 unspecified atom stereocenters. The van der Waals surface area contributed by atoms with Crippen LogP contribution >= 0.6 is 0 Å². The van der Waals surface area contributed by atoms with Crippen LogP contribution in [0.5, 0.6) is 5.88 Å². The van der Waals surface area contributed by atoms with Crippen molar-refractivity contribution in [2.24, 2.45) is 0 Å². The highest BCUT2D eigenvalue weighted by molar-refractivity contribution is 5.98. The summed E-state index contributed by atoms with van der Waals surface area (Å²) in [5.74, 6) is 0.520. The molecule has 0 atom stereocenters. The molecule has 4 nitrogen and oxygen atoms in total. The van der Waals surface area contributed by atoms with E-state index in [2.05, 4.69) is 9.97 Å². The number of hydrogen-bond donors (Lipinski definition) is 0. The third kappa shape index (κ3) is 2.71. The van der Waals surface area contributed by atoms with Crippen molar-refractivity contribution in [2.75, 3.05) is 7.11 Å². The Bertz CT molecular complexity index is 567. The lowest BCUT2D eigenvalue weighted by molar-refractivity contribution is 0.0991. The lowest BCUT2D eigenvalue weighted by Gasteiger charge is -2.05. The van der Waals surface area contributed by atoms with Gasteiger partial charge in [0.15, 0.2) is 5.78 Å². The summed E-state index contributed by atoms with van der Waals surface area (Å²) in [4.78, 5) is 20.1. The van der Waals surface area contributed by atoms with Gasteiger partial charge in [0, 0.05) is 11.6 Å². The lowest BCUT2D eigenvalue weighted by atomic mass is 10.0. The van der Waals surface area contributed by atoms with Crippen molar-refractivity contribution in [3.05, 3.63) is 53.5 Å². The fraction of sp³-hybridized carbons (Fsp3) is 0.214. The molecule has 1 aromatic heterocycles. The topological polar surface area (TPSA) is 52.1 Å². The first-order valence-electron chi connectivity index (χ1n) is 5.64. The van der Waals surface area contributed by atoms with Crippen LogP contribution in [0.1, 0.15) is 21.6 Å². The standard InChI is InChI=1S/C14H14N2O2/c1-10-5-3-4-6-12(10)13(17)7-11-8-14(18-2)16-9-15-11/h3-6,8-9H,7H2,1-2H3. The van der Waals surface area contributed by atoms with E-state index < -0.39 is 0 Å². The van der Waals surface area contributed by atoms with Crippen LogP contribution in [0.25, 0.3) is 0 Å². The fourth-order valence-corrected chi connectivity index (χ4v) is 1.73. The van der Waals surface area contributed by atoms with Crippen molar-refractivity contribution in [3.63, 3.8) is 0 Å². The fourth-order valence-electron chi connectivity index (χ4n) is 1.73. The minimum atomic E-state index is 0.0499. The Kier molecular flexibility index (Phi) is 3.67. The molecule has 1 aromatic carbocycles. The van der Waals surface area contributed by atoms with Gasteiger partial charge in [-0.1, -0.05) is 24.3 Å². The summed E-state index contributed by atoms with van der Waals surface area (Å²) in [5, 5.41) is 0. The zero-order valence-electron chi connectivity index (χ0n) is 10.4. The van der Waals surface area contributed by atoms with Crippen LogP contribution in [0.4, 0.5) is 0 Å². The number of rotatable bonds is 4. The molecule has 0 aliphatic rings. The van der Waals surface area contributed by atoms with Gasteiger partial charge in [-0.05, 0) is 12.5 Å². The minimum absolute atomic E-state index is 0.0499. The number of ether oxygens (including phenoxy) is 1. The molecule has 0 saturated carbocycles. The average Bonchev–Trinajstić information content (AvgIpc) is 2.39. The van der Waals surface area contributed by atoms with E-state index >= 15 is 0 Å². The van der Waals surface area contributed by atoms with Crippen molar-refractivity contribution in [1.29, 1.82) is 0 Å². The first-order chi connectivity index (χ1) is 8.70. The molecule has 0 saturated heterocycles. The molecule has 2 aromatic rings. The Morgan fingerprint density at radius 3 is 2.78 bits per heavy atom. The summed E-state index contributed by atoms with van der Waals surface area (Å²) in [6, 6.07) is 9.21. The van der Waals surface area contributed by atoms with Crippen molar-refractivity contribution in [3.8, 4) is 5.88 Å². The summed E-state index contributed by atoms with van der Waals surface area (Å²) in [6.07, 6.45) is 1.66. The molecule has 0 bridgehead atoms. The molecule has 0 aliphatic carbocycles. The predicted octanol–water partition coefficient (Wildman–Crippen LogP) is 2.22. The molecule has 0 aliphatic heterocycles. The van der Waals surface area contributed by atoms with Gasteiger partial charge in [0.1, 0.15) is 6.33 Å². The van der Waals surface area contributed by atoms with Gasteiger partial charge in [-0.15, -0.1) is 0 Å². The number of Topliss-reactive ketones (excluding diaryl/α,β-unsaturated/α-hetero) is 1. The molecule has 18 heavy (non-hydrogen) atoms. The van der Waals surface area contributed by atoms with Gasteiger partial charge in [-0.3, -0.25) is 4.79 Å². The average molecular weight is 242 g/mol. The van der Waals surface area contributed by atoms with E-state index in [4.69, 9.17) is 4.74 Å². The van der Waals surface area contributed by atoms with Crippen molar-refractivity contribution >= 4 is 5.78 Å². The quantitative estimate of drug-likeness (QED) is 0.771. The molecule has 2 rings (SSSR count). The normalized spacial score (nSPS) is 10.1. The highest BCUT2D eigenvalue weighted by Crippen LogP contribution is 2.12. The van der Waals surface area contributed by atoms with Crippen LogP contribution < -0.4 is 4.74 Å². The molecule has 0 spiro atoms. The second-order valence-electron chi connectivity index (χ2n) is 3.97. The van der Waals surface area contributed by atoms with Gasteiger partial charge in [-0.2, -0.15) is 0 Å². The third-order valence-corrected chi connectivity index (χ3v) is 2.69. The zero-order chi connectivity index (χ0) is 13.0. The molecule has 0 amide bonds. The van der Waals surface area contributed by atoms with Gasteiger partial charge in [-0.25, -0.2) is 9.97 Å². The largest absolute Gasteiger partial charge is 0.481 e. The van der Waals surface area contributed by atoms with E-state index in [1.165, 1.54) is 13.4 Å². The third-order valence-electron chi connectivity index (χ3n) is 2.69. The van der Waals surface area contributed by atoms with Crippen LogP contribution in [-0.2, 0) is 6.42 Å². The monoisotopic (exact) mass is 242 g/mol. The number of aromatic nitrogens is 2. The summed E-state index contributed by atoms with van der Waals surface area (Å²) in [6.45, 7) is 1.92. The van der Waals surface area contributed by atoms with Gasteiger partial charge in [0.2, 0.25) is 5.88 Å². The minimum Gasteiger partial charge on any atom is -0.481 e. The summed E-state index contributed by atoms with van der Waals surface area (Å²) in [5.41, 5.74) is 2.37. The lowest BCUT2D eigenvalue weighted by Crippen LogP contribution is -2.07. The smallest absolute Gasteiger partial charge is 0.216 e. The van der Waals surface area contributed by atoms with E-state index in [1.807, 2.05) is 31.2 Å². The first kappa shape index (κ1) is 12.2. The number of methoxy groups -OCH3 is 1. The van der Waals surface area contributed by atoms with Gasteiger partial charge in [0.25, 0.3) is 0 Å². The molecular formula is C14H14N2O2. The number of benzene rings is 1. The van der Waals surface area contributed by atoms with E-state index in [-0.39, 0.29) is 12.2 Å². The molecule has 0 radical (unpaired) electrons. The van der Waals surface area contributed by atoms with E-state index in [1.54, 1.807) is 6.07 Å². The van der Waals surface area contributed by atoms with Crippen molar-refractivity contribution in [1.82, 2.24) is 9.97 Å². The summed E-state index contributed by atoms with van der Waals surface area (Å²) in [7, 11) is 1.54. The van der Waals surface area contributed by atoms with E-state index in [0.717, 1.165) is 11.1 Å². The maximum Gasteiger partial charge on any atom is 0.216 e. The van der Waals surface area contributed by atoms with Crippen LogP contribution in [-0.4, -0.2) is 22.9 Å². The second kappa shape index (κ2) is 5.40. The molecule has 1 heterocycles. The van der Waals surface area contributed by atoms with E-state index in [0.29, 0.717) is 11.6 Å². The highest BCUT2D eigenvalue weighted by Gasteiger charge is 2.10. The summed E-state index contributed by atoms with van der Waals surface area (Å²) < 4.78 is 5.00. The molecule has 0 N–H and O–H groups in total. The number of nitrogens with zero attached hydrogens (tertiary/aromatic N) is 2. The van der Waals surface area contributed by atoms with Gasteiger partial charge < -0.3 is 4.74 Å². The van der Waals surface area contributed by atoms with Gasteiger partial charge >= 0.3 is 0 Å². The van der Waals surface area contributed by atoms with Crippen molar-refractivity contribution < 1.29 is 9.53 Å². The number of aryl methyl sites for hydroxylation is 1.